The van der Waals surface area contributed by atoms with Gasteiger partial charge in [-0.3, -0.25) is 9.59 Å². The van der Waals surface area contributed by atoms with Gasteiger partial charge in [0.05, 0.1) is 13.2 Å². The topological polar surface area (TPSA) is 59.1 Å². The molecule has 1 atom stereocenters. The van der Waals surface area contributed by atoms with Crippen molar-refractivity contribution in [1.29, 1.82) is 0 Å². The molecule has 0 bridgehead atoms. The van der Waals surface area contributed by atoms with E-state index in [2.05, 4.69) is 6.58 Å². The number of fused-ring (bicyclic) bond motifs is 1. The first-order chi connectivity index (χ1) is 17.0. The van der Waals surface area contributed by atoms with E-state index in [-0.39, 0.29) is 43.4 Å². The van der Waals surface area contributed by atoms with Gasteiger partial charge in [0, 0.05) is 29.6 Å². The molecular weight excluding hydrogens is 467 g/mol. The highest BCUT2D eigenvalue weighted by molar-refractivity contribution is 7.10. The molecule has 4 rings (SSSR count). The maximum atomic E-state index is 13.6. The highest BCUT2D eigenvalue weighted by Crippen LogP contribution is 2.34. The van der Waals surface area contributed by atoms with E-state index in [4.69, 9.17) is 9.47 Å². The number of carbonyl (C=O) groups excluding carboxylic acids is 2. The van der Waals surface area contributed by atoms with Crippen molar-refractivity contribution in [1.82, 2.24) is 9.80 Å². The fourth-order valence-corrected chi connectivity index (χ4v) is 5.10. The summed E-state index contributed by atoms with van der Waals surface area (Å²) in [7, 11) is 1.54. The lowest BCUT2D eigenvalue weighted by Crippen LogP contribution is -2.47. The Balaban J connectivity index is 1.53. The molecular formula is C27H27FN2O4S. The van der Waals surface area contributed by atoms with Crippen LogP contribution < -0.4 is 9.47 Å². The summed E-state index contributed by atoms with van der Waals surface area (Å²) >= 11 is 1.65. The molecule has 0 radical (unpaired) electrons. The zero-order chi connectivity index (χ0) is 24.8. The summed E-state index contributed by atoms with van der Waals surface area (Å²) in [5, 5.41) is 2.00. The molecule has 1 aliphatic rings. The summed E-state index contributed by atoms with van der Waals surface area (Å²) < 4.78 is 24.7. The highest BCUT2D eigenvalue weighted by Gasteiger charge is 2.33. The number of thiophene rings is 1. The van der Waals surface area contributed by atoms with Gasteiger partial charge in [-0.25, -0.2) is 4.39 Å². The number of halogens is 1. The minimum atomic E-state index is -0.383. The molecule has 2 heterocycles. The number of amides is 2. The molecule has 0 spiro atoms. The van der Waals surface area contributed by atoms with Crippen molar-refractivity contribution in [2.75, 3.05) is 33.4 Å². The van der Waals surface area contributed by atoms with E-state index < -0.39 is 0 Å². The van der Waals surface area contributed by atoms with Crippen LogP contribution in [0.25, 0.3) is 0 Å². The second-order valence-corrected chi connectivity index (χ2v) is 9.13. The molecule has 0 fully saturated rings. The van der Waals surface area contributed by atoms with Crippen molar-refractivity contribution in [3.8, 4) is 11.5 Å². The molecule has 35 heavy (non-hydrogen) atoms. The van der Waals surface area contributed by atoms with Gasteiger partial charge in [-0.2, -0.15) is 0 Å². The van der Waals surface area contributed by atoms with Gasteiger partial charge in [0.15, 0.2) is 0 Å². The average Bonchev–Trinajstić information content (AvgIpc) is 3.36. The van der Waals surface area contributed by atoms with E-state index in [0.717, 1.165) is 12.0 Å². The zero-order valence-corrected chi connectivity index (χ0v) is 20.3. The Morgan fingerprint density at radius 2 is 2.00 bits per heavy atom. The number of hydrogen-bond donors (Lipinski definition) is 0. The van der Waals surface area contributed by atoms with Crippen molar-refractivity contribution in [3.63, 3.8) is 0 Å². The van der Waals surface area contributed by atoms with Crippen molar-refractivity contribution >= 4 is 23.2 Å². The Morgan fingerprint density at radius 3 is 2.77 bits per heavy atom. The molecule has 0 saturated heterocycles. The van der Waals surface area contributed by atoms with Gasteiger partial charge < -0.3 is 19.3 Å². The Bertz CT molecular complexity index is 1210. The smallest absolute Gasteiger partial charge is 0.254 e. The summed E-state index contributed by atoms with van der Waals surface area (Å²) in [6.45, 7) is 4.57. The highest BCUT2D eigenvalue weighted by atomic mass is 32.1. The number of methoxy groups -OCH3 is 1. The monoisotopic (exact) mass is 494 g/mol. The first kappa shape index (κ1) is 24.5. The molecule has 1 aliphatic heterocycles. The Labute approximate surface area is 208 Å². The van der Waals surface area contributed by atoms with E-state index in [1.165, 1.54) is 29.0 Å². The normalized spacial score (nSPS) is 14.7. The maximum Gasteiger partial charge on any atom is 0.254 e. The molecule has 6 nitrogen and oxygen atoms in total. The predicted molar refractivity (Wildman–Crippen MR) is 133 cm³/mol. The Kier molecular flexibility index (Phi) is 7.82. The molecule has 182 valence electrons. The minimum absolute atomic E-state index is 0.0992. The number of carbonyl (C=O) groups is 2. The third-order valence-electron chi connectivity index (χ3n) is 5.90. The molecule has 1 aromatic heterocycles. The van der Waals surface area contributed by atoms with Crippen LogP contribution in [0.4, 0.5) is 4.39 Å². The van der Waals surface area contributed by atoms with Gasteiger partial charge >= 0.3 is 0 Å². The van der Waals surface area contributed by atoms with Crippen LogP contribution in [0.3, 0.4) is 0 Å². The summed E-state index contributed by atoms with van der Waals surface area (Å²) in [6, 6.07) is 14.5. The molecule has 2 amide bonds. The number of ether oxygens (including phenoxy) is 2. The molecule has 0 N–H and O–H groups in total. The third kappa shape index (κ3) is 5.71. The summed E-state index contributed by atoms with van der Waals surface area (Å²) in [5.74, 6) is 0.120. The van der Waals surface area contributed by atoms with E-state index in [9.17, 15) is 14.0 Å². The van der Waals surface area contributed by atoms with Gasteiger partial charge in [0.1, 0.15) is 30.5 Å². The summed E-state index contributed by atoms with van der Waals surface area (Å²) in [6.07, 6.45) is 2.34. The number of benzene rings is 2. The molecule has 8 heteroatoms. The molecule has 3 aromatic rings. The summed E-state index contributed by atoms with van der Waals surface area (Å²) in [5.41, 5.74) is 1.46. The van der Waals surface area contributed by atoms with Crippen LogP contribution in [0, 0.1) is 5.82 Å². The SMILES string of the molecule is C=CCN(CC(=O)N1CCc2sccc2C1COc1cccc(F)c1)C(=O)c1cccc(OC)c1. The third-order valence-corrected chi connectivity index (χ3v) is 6.90. The lowest BCUT2D eigenvalue weighted by Gasteiger charge is -2.37. The van der Waals surface area contributed by atoms with Gasteiger partial charge in [-0.1, -0.05) is 18.2 Å². The van der Waals surface area contributed by atoms with Crippen molar-refractivity contribution in [3.05, 3.63) is 94.5 Å². The zero-order valence-electron chi connectivity index (χ0n) is 19.5. The first-order valence-electron chi connectivity index (χ1n) is 11.3. The van der Waals surface area contributed by atoms with Crippen molar-refractivity contribution in [2.24, 2.45) is 0 Å². The number of hydrogen-bond acceptors (Lipinski definition) is 5. The quantitative estimate of drug-likeness (QED) is 0.404. The fourth-order valence-electron chi connectivity index (χ4n) is 4.17. The van der Waals surface area contributed by atoms with Crippen molar-refractivity contribution < 1.29 is 23.5 Å². The number of nitrogens with zero attached hydrogens (tertiary/aromatic N) is 2. The summed E-state index contributed by atoms with van der Waals surface area (Å²) in [4.78, 5) is 31.1. The van der Waals surface area contributed by atoms with Crippen LogP contribution in [-0.2, 0) is 11.2 Å². The van der Waals surface area contributed by atoms with Crippen LogP contribution >= 0.6 is 11.3 Å². The van der Waals surface area contributed by atoms with Crippen molar-refractivity contribution in [2.45, 2.75) is 12.5 Å². The number of rotatable bonds is 9. The minimum Gasteiger partial charge on any atom is -0.497 e. The molecule has 0 saturated carbocycles. The van der Waals surface area contributed by atoms with Crippen LogP contribution in [0.2, 0.25) is 0 Å². The van der Waals surface area contributed by atoms with E-state index in [1.807, 2.05) is 11.4 Å². The fraction of sp³-hybridized carbons (Fsp3) is 0.259. The van der Waals surface area contributed by atoms with Crippen LogP contribution in [-0.4, -0.2) is 55.0 Å². The van der Waals surface area contributed by atoms with Gasteiger partial charge in [-0.05, 0) is 53.8 Å². The van der Waals surface area contributed by atoms with Gasteiger partial charge in [0.25, 0.3) is 5.91 Å². The lowest BCUT2D eigenvalue weighted by molar-refractivity contribution is -0.135. The maximum absolute atomic E-state index is 13.6. The van der Waals surface area contributed by atoms with Crippen LogP contribution in [0.1, 0.15) is 26.8 Å². The van der Waals surface area contributed by atoms with E-state index in [1.54, 1.807) is 58.7 Å². The second kappa shape index (κ2) is 11.2. The Hall–Kier alpha value is -3.65. The largest absolute Gasteiger partial charge is 0.497 e. The standard InChI is InChI=1S/C27H27FN2O4S/c1-3-12-29(27(32)19-6-4-8-21(15-19)33-2)17-26(31)30-13-10-25-23(11-14-35-25)24(30)18-34-22-9-5-7-20(28)16-22/h3-9,11,14-16,24H,1,10,12-13,17-18H2,2H3. The van der Waals surface area contributed by atoms with Crippen LogP contribution in [0.5, 0.6) is 11.5 Å². The van der Waals surface area contributed by atoms with Crippen LogP contribution in [0.15, 0.2) is 72.6 Å². The average molecular weight is 495 g/mol. The second-order valence-electron chi connectivity index (χ2n) is 8.13. The lowest BCUT2D eigenvalue weighted by atomic mass is 10.0. The van der Waals surface area contributed by atoms with E-state index in [0.29, 0.717) is 23.6 Å². The predicted octanol–water partition coefficient (Wildman–Crippen LogP) is 4.73. The first-order valence-corrected chi connectivity index (χ1v) is 12.2. The molecule has 1 unspecified atom stereocenters. The van der Waals surface area contributed by atoms with Gasteiger partial charge in [0.2, 0.25) is 5.91 Å². The molecule has 0 aliphatic carbocycles. The van der Waals surface area contributed by atoms with E-state index >= 15 is 0 Å². The van der Waals surface area contributed by atoms with Gasteiger partial charge in [-0.15, -0.1) is 17.9 Å². The Morgan fingerprint density at radius 1 is 1.20 bits per heavy atom. The molecule has 2 aromatic carbocycles.